The smallest absolute Gasteiger partial charge is 0.290 e. The molecule has 2 aromatic carbocycles. The summed E-state index contributed by atoms with van der Waals surface area (Å²) in [5.74, 6) is -3.84. The van der Waals surface area contributed by atoms with Crippen molar-refractivity contribution in [3.05, 3.63) is 65.5 Å². The second-order valence-electron chi connectivity index (χ2n) is 4.23. The van der Waals surface area contributed by atoms with E-state index in [9.17, 15) is 13.2 Å². The van der Waals surface area contributed by atoms with Crippen LogP contribution in [-0.2, 0) is 5.92 Å². The van der Waals surface area contributed by atoms with Crippen LogP contribution in [0.1, 0.15) is 11.1 Å². The van der Waals surface area contributed by atoms with Crippen molar-refractivity contribution in [2.45, 2.75) is 5.92 Å². The molecule has 0 aromatic heterocycles. The predicted molar refractivity (Wildman–Crippen MR) is 69.9 cm³/mol. The van der Waals surface area contributed by atoms with Gasteiger partial charge in [-0.2, -0.15) is 14.0 Å². The van der Waals surface area contributed by atoms with Gasteiger partial charge in [0, 0.05) is 5.56 Å². The molecule has 0 fully saturated rings. The normalized spacial score (nSPS) is 10.9. The number of halogens is 3. The fourth-order valence-corrected chi connectivity index (χ4v) is 1.72. The Kier molecular flexibility index (Phi) is 3.94. The SMILES string of the molecule is N#Cc1ccc(NCC(F)(F)c2ccccc2)c(F)c1. The Balaban J connectivity index is 2.11. The second-order valence-corrected chi connectivity index (χ2v) is 4.23. The summed E-state index contributed by atoms with van der Waals surface area (Å²) in [5.41, 5.74) is -0.0518. The van der Waals surface area contributed by atoms with Gasteiger partial charge in [-0.05, 0) is 18.2 Å². The van der Waals surface area contributed by atoms with Gasteiger partial charge < -0.3 is 5.32 Å². The van der Waals surface area contributed by atoms with E-state index >= 15 is 0 Å². The quantitative estimate of drug-likeness (QED) is 0.919. The van der Waals surface area contributed by atoms with Gasteiger partial charge in [-0.25, -0.2) is 4.39 Å². The van der Waals surface area contributed by atoms with E-state index in [0.717, 1.165) is 6.07 Å². The summed E-state index contributed by atoms with van der Waals surface area (Å²) in [6.07, 6.45) is 0. The van der Waals surface area contributed by atoms with E-state index in [1.54, 1.807) is 12.1 Å². The van der Waals surface area contributed by atoms with E-state index in [4.69, 9.17) is 5.26 Å². The average molecular weight is 276 g/mol. The van der Waals surface area contributed by atoms with Crippen molar-refractivity contribution >= 4 is 5.69 Å². The minimum Gasteiger partial charge on any atom is -0.376 e. The number of benzene rings is 2. The highest BCUT2D eigenvalue weighted by Crippen LogP contribution is 2.28. The third kappa shape index (κ3) is 3.09. The highest BCUT2D eigenvalue weighted by Gasteiger charge is 2.31. The summed E-state index contributed by atoms with van der Waals surface area (Å²) in [6, 6.07) is 12.7. The van der Waals surface area contributed by atoms with Crippen LogP contribution in [-0.4, -0.2) is 6.54 Å². The Bertz CT molecular complexity index is 633. The van der Waals surface area contributed by atoms with Crippen molar-refractivity contribution in [2.24, 2.45) is 0 Å². The maximum absolute atomic E-state index is 13.9. The molecule has 0 radical (unpaired) electrons. The van der Waals surface area contributed by atoms with Crippen molar-refractivity contribution in [3.63, 3.8) is 0 Å². The number of anilines is 1. The highest BCUT2D eigenvalue weighted by atomic mass is 19.3. The molecule has 2 nitrogen and oxygen atoms in total. The van der Waals surface area contributed by atoms with E-state index < -0.39 is 18.3 Å². The number of nitriles is 1. The lowest BCUT2D eigenvalue weighted by molar-refractivity contribution is 0.0106. The van der Waals surface area contributed by atoms with Crippen molar-refractivity contribution in [2.75, 3.05) is 11.9 Å². The fraction of sp³-hybridized carbons (Fsp3) is 0.133. The first-order valence-corrected chi connectivity index (χ1v) is 5.90. The number of alkyl halides is 2. The van der Waals surface area contributed by atoms with E-state index in [2.05, 4.69) is 5.32 Å². The van der Waals surface area contributed by atoms with Crippen molar-refractivity contribution in [1.82, 2.24) is 0 Å². The third-order valence-electron chi connectivity index (χ3n) is 2.80. The molecule has 2 aromatic rings. The van der Waals surface area contributed by atoms with Crippen LogP contribution in [0.2, 0.25) is 0 Å². The van der Waals surface area contributed by atoms with Crippen LogP contribution in [0, 0.1) is 17.1 Å². The Morgan fingerprint density at radius 2 is 1.80 bits per heavy atom. The maximum Gasteiger partial charge on any atom is 0.290 e. The van der Waals surface area contributed by atoms with E-state index in [-0.39, 0.29) is 16.8 Å². The summed E-state index contributed by atoms with van der Waals surface area (Å²) < 4.78 is 41.3. The van der Waals surface area contributed by atoms with Gasteiger partial charge in [0.15, 0.2) is 0 Å². The highest BCUT2D eigenvalue weighted by molar-refractivity contribution is 5.49. The zero-order valence-electron chi connectivity index (χ0n) is 10.4. The van der Waals surface area contributed by atoms with Gasteiger partial charge in [-0.15, -0.1) is 0 Å². The van der Waals surface area contributed by atoms with Crippen LogP contribution in [0.3, 0.4) is 0 Å². The molecule has 0 unspecified atom stereocenters. The number of nitrogens with zero attached hydrogens (tertiary/aromatic N) is 1. The van der Waals surface area contributed by atoms with Gasteiger partial charge in [-0.3, -0.25) is 0 Å². The topological polar surface area (TPSA) is 35.8 Å². The first-order chi connectivity index (χ1) is 9.53. The summed E-state index contributed by atoms with van der Waals surface area (Å²) >= 11 is 0. The van der Waals surface area contributed by atoms with Crippen LogP contribution in [0.25, 0.3) is 0 Å². The largest absolute Gasteiger partial charge is 0.376 e. The average Bonchev–Trinajstić information content (AvgIpc) is 2.47. The van der Waals surface area contributed by atoms with Crippen LogP contribution in [0.15, 0.2) is 48.5 Å². The minimum atomic E-state index is -3.11. The van der Waals surface area contributed by atoms with Gasteiger partial charge >= 0.3 is 0 Å². The number of nitrogens with one attached hydrogen (secondary N) is 1. The molecule has 0 bridgehead atoms. The van der Waals surface area contributed by atoms with Crippen LogP contribution in [0.5, 0.6) is 0 Å². The van der Waals surface area contributed by atoms with Gasteiger partial charge in [0.05, 0.1) is 23.9 Å². The van der Waals surface area contributed by atoms with Crippen LogP contribution in [0.4, 0.5) is 18.9 Å². The van der Waals surface area contributed by atoms with E-state index in [1.807, 2.05) is 0 Å². The van der Waals surface area contributed by atoms with Crippen molar-refractivity contribution in [3.8, 4) is 6.07 Å². The maximum atomic E-state index is 13.9. The van der Waals surface area contributed by atoms with Gasteiger partial charge in [-0.1, -0.05) is 30.3 Å². The molecule has 0 saturated carbocycles. The summed E-state index contributed by atoms with van der Waals surface area (Å²) in [4.78, 5) is 0. The molecule has 0 aliphatic carbocycles. The number of hydrogen-bond donors (Lipinski definition) is 1. The van der Waals surface area contributed by atoms with Gasteiger partial charge in [0.25, 0.3) is 5.92 Å². The molecular weight excluding hydrogens is 265 g/mol. The lowest BCUT2D eigenvalue weighted by Gasteiger charge is -2.18. The molecule has 0 atom stereocenters. The lowest BCUT2D eigenvalue weighted by Crippen LogP contribution is -2.25. The van der Waals surface area contributed by atoms with Gasteiger partial charge in [0.2, 0.25) is 0 Å². The first kappa shape index (κ1) is 13.9. The third-order valence-corrected chi connectivity index (χ3v) is 2.80. The Labute approximate surface area is 114 Å². The molecule has 5 heteroatoms. The van der Waals surface area contributed by atoms with Gasteiger partial charge in [0.1, 0.15) is 5.82 Å². The zero-order chi connectivity index (χ0) is 14.6. The van der Waals surface area contributed by atoms with Crippen LogP contribution >= 0.6 is 0 Å². The molecule has 20 heavy (non-hydrogen) atoms. The number of hydrogen-bond acceptors (Lipinski definition) is 2. The van der Waals surface area contributed by atoms with Crippen LogP contribution < -0.4 is 5.32 Å². The minimum absolute atomic E-state index is 0.0559. The molecule has 0 spiro atoms. The fourth-order valence-electron chi connectivity index (χ4n) is 1.72. The molecule has 0 heterocycles. The molecule has 0 saturated heterocycles. The molecule has 0 aliphatic heterocycles. The van der Waals surface area contributed by atoms with E-state index in [0.29, 0.717) is 0 Å². The summed E-state index contributed by atoms with van der Waals surface area (Å²) in [6.45, 7) is -0.722. The molecule has 102 valence electrons. The van der Waals surface area contributed by atoms with E-state index in [1.165, 1.54) is 36.4 Å². The molecule has 2 rings (SSSR count). The molecular formula is C15H11F3N2. The van der Waals surface area contributed by atoms with Crippen molar-refractivity contribution < 1.29 is 13.2 Å². The predicted octanol–water partition coefficient (Wildman–Crippen LogP) is 3.90. The Hall–Kier alpha value is -2.48. The Morgan fingerprint density at radius 3 is 2.40 bits per heavy atom. The molecule has 0 amide bonds. The monoisotopic (exact) mass is 276 g/mol. The standard InChI is InChI=1S/C15H11F3N2/c16-13-8-11(9-19)6-7-14(13)20-10-15(17,18)12-4-2-1-3-5-12/h1-8,20H,10H2. The van der Waals surface area contributed by atoms with Crippen molar-refractivity contribution in [1.29, 1.82) is 5.26 Å². The second kappa shape index (κ2) is 5.66. The summed E-state index contributed by atoms with van der Waals surface area (Å²) in [5, 5.41) is 11.0. The first-order valence-electron chi connectivity index (χ1n) is 5.90. The Morgan fingerprint density at radius 1 is 1.10 bits per heavy atom. The zero-order valence-corrected chi connectivity index (χ0v) is 10.4. The number of rotatable bonds is 4. The molecule has 1 N–H and O–H groups in total. The lowest BCUT2D eigenvalue weighted by atomic mass is 10.1. The molecule has 0 aliphatic rings. The summed E-state index contributed by atoms with van der Waals surface area (Å²) in [7, 11) is 0.